The number of aliphatic hydroxyl groups is 1. The number of hydrogen-bond acceptors (Lipinski definition) is 4. The Kier molecular flexibility index (Phi) is 7.68. The average Bonchev–Trinajstić information content (AvgIpc) is 2.77. The van der Waals surface area contributed by atoms with Crippen molar-refractivity contribution in [3.63, 3.8) is 0 Å². The Balaban J connectivity index is 1.86. The van der Waals surface area contributed by atoms with Crippen molar-refractivity contribution in [2.45, 2.75) is 32.6 Å². The minimum absolute atomic E-state index is 0.0411. The Morgan fingerprint density at radius 1 is 1.10 bits per heavy atom. The monoisotopic (exact) mass is 415 g/mol. The third kappa shape index (κ3) is 6.09. The summed E-state index contributed by atoms with van der Waals surface area (Å²) in [6.07, 6.45) is 2.60. The van der Waals surface area contributed by atoms with Crippen LogP contribution < -0.4 is 5.32 Å². The normalized spacial score (nSPS) is 11.7. The molecule has 3 aromatic rings. The van der Waals surface area contributed by atoms with Gasteiger partial charge in [0.05, 0.1) is 13.0 Å². The van der Waals surface area contributed by atoms with E-state index < -0.39 is 0 Å². The Morgan fingerprint density at radius 2 is 1.84 bits per heavy atom. The first kappa shape index (κ1) is 22.4. The van der Waals surface area contributed by atoms with Crippen molar-refractivity contribution in [2.24, 2.45) is 0 Å². The molecule has 0 bridgehead atoms. The van der Waals surface area contributed by atoms with Gasteiger partial charge in [0.2, 0.25) is 5.91 Å². The van der Waals surface area contributed by atoms with Crippen molar-refractivity contribution in [1.29, 1.82) is 5.41 Å². The molecule has 5 heteroatoms. The summed E-state index contributed by atoms with van der Waals surface area (Å²) < 4.78 is 0. The van der Waals surface area contributed by atoms with E-state index in [0.717, 1.165) is 22.4 Å². The van der Waals surface area contributed by atoms with Crippen LogP contribution in [0.25, 0.3) is 0 Å². The largest absolute Gasteiger partial charge is 0.395 e. The second-order valence-corrected chi connectivity index (χ2v) is 7.77. The molecule has 2 aromatic carbocycles. The number of nitrogens with zero attached hydrogens (tertiary/aromatic N) is 1. The molecule has 0 spiro atoms. The summed E-state index contributed by atoms with van der Waals surface area (Å²) in [5.74, 6) is -0.0634. The standard InChI is InChI=1S/C26H29N3O2/c1-18-5-3-4-6-23(18)24(17-25(27)22-11-12-28-19(2)15-22)21-9-7-20(8-10-21)16-26(31)29-13-14-30/h3-12,15,24,27,30H,13-14,16-17H2,1-2H3,(H,29,31). The molecule has 1 aromatic heterocycles. The molecule has 160 valence electrons. The first-order chi connectivity index (χ1) is 15.0. The predicted molar refractivity (Wildman–Crippen MR) is 124 cm³/mol. The van der Waals surface area contributed by atoms with Crippen molar-refractivity contribution in [3.05, 3.63) is 100 Å². The van der Waals surface area contributed by atoms with Crippen molar-refractivity contribution in [1.82, 2.24) is 10.3 Å². The molecule has 0 aliphatic rings. The van der Waals surface area contributed by atoms with E-state index in [9.17, 15) is 4.79 Å². The predicted octanol–water partition coefficient (Wildman–Crippen LogP) is 3.94. The van der Waals surface area contributed by atoms with E-state index in [4.69, 9.17) is 10.5 Å². The van der Waals surface area contributed by atoms with Gasteiger partial charge in [-0.05, 0) is 53.8 Å². The van der Waals surface area contributed by atoms with Crippen LogP contribution in [0.5, 0.6) is 0 Å². The zero-order chi connectivity index (χ0) is 22.2. The number of pyridine rings is 1. The Hall–Kier alpha value is -3.31. The minimum Gasteiger partial charge on any atom is -0.395 e. The summed E-state index contributed by atoms with van der Waals surface area (Å²) in [5, 5.41) is 20.2. The lowest BCUT2D eigenvalue weighted by Gasteiger charge is -2.21. The maximum Gasteiger partial charge on any atom is 0.224 e. The number of amides is 1. The molecule has 1 unspecified atom stereocenters. The highest BCUT2D eigenvalue weighted by Gasteiger charge is 2.19. The highest BCUT2D eigenvalue weighted by atomic mass is 16.3. The summed E-state index contributed by atoms with van der Waals surface area (Å²) in [5.41, 5.74) is 6.80. The minimum atomic E-state index is -0.105. The van der Waals surface area contributed by atoms with Crippen molar-refractivity contribution in [3.8, 4) is 0 Å². The number of aliphatic hydroxyl groups excluding tert-OH is 1. The number of carbonyl (C=O) groups is 1. The van der Waals surface area contributed by atoms with E-state index in [1.54, 1.807) is 6.20 Å². The van der Waals surface area contributed by atoms with Gasteiger partial charge in [-0.3, -0.25) is 9.78 Å². The molecule has 1 atom stereocenters. The van der Waals surface area contributed by atoms with Gasteiger partial charge in [-0.25, -0.2) is 0 Å². The van der Waals surface area contributed by atoms with E-state index in [1.165, 1.54) is 11.1 Å². The highest BCUT2D eigenvalue weighted by molar-refractivity contribution is 5.99. The zero-order valence-corrected chi connectivity index (χ0v) is 18.1. The number of carbonyl (C=O) groups excluding carboxylic acids is 1. The van der Waals surface area contributed by atoms with Crippen LogP contribution in [0.4, 0.5) is 0 Å². The molecule has 0 aliphatic carbocycles. The third-order valence-electron chi connectivity index (χ3n) is 5.40. The zero-order valence-electron chi connectivity index (χ0n) is 18.1. The lowest BCUT2D eigenvalue weighted by molar-refractivity contribution is -0.120. The second-order valence-electron chi connectivity index (χ2n) is 7.77. The quantitative estimate of drug-likeness (QED) is 0.463. The van der Waals surface area contributed by atoms with Crippen LogP contribution in [0.15, 0.2) is 66.9 Å². The Morgan fingerprint density at radius 3 is 2.52 bits per heavy atom. The molecular formula is C26H29N3O2. The van der Waals surface area contributed by atoms with Crippen molar-refractivity contribution in [2.75, 3.05) is 13.2 Å². The summed E-state index contributed by atoms with van der Waals surface area (Å²) in [6.45, 7) is 4.24. The molecular weight excluding hydrogens is 386 g/mol. The summed E-state index contributed by atoms with van der Waals surface area (Å²) in [4.78, 5) is 16.2. The molecule has 1 amide bonds. The molecule has 3 rings (SSSR count). The van der Waals surface area contributed by atoms with Crippen molar-refractivity contribution >= 4 is 11.6 Å². The summed E-state index contributed by atoms with van der Waals surface area (Å²) in [6, 6.07) is 20.2. The third-order valence-corrected chi connectivity index (χ3v) is 5.40. The molecule has 0 aliphatic heterocycles. The van der Waals surface area contributed by atoms with Gasteiger partial charge in [-0.2, -0.15) is 0 Å². The van der Waals surface area contributed by atoms with Gasteiger partial charge in [0.15, 0.2) is 0 Å². The number of aryl methyl sites for hydroxylation is 2. The fourth-order valence-corrected chi connectivity index (χ4v) is 3.75. The van der Waals surface area contributed by atoms with Crippen LogP contribution >= 0.6 is 0 Å². The summed E-state index contributed by atoms with van der Waals surface area (Å²) >= 11 is 0. The van der Waals surface area contributed by atoms with E-state index in [0.29, 0.717) is 12.1 Å². The first-order valence-electron chi connectivity index (χ1n) is 10.5. The number of hydrogen-bond donors (Lipinski definition) is 3. The smallest absolute Gasteiger partial charge is 0.224 e. The molecule has 0 radical (unpaired) electrons. The van der Waals surface area contributed by atoms with Gasteiger partial charge >= 0.3 is 0 Å². The van der Waals surface area contributed by atoms with Gasteiger partial charge < -0.3 is 15.8 Å². The van der Waals surface area contributed by atoms with E-state index in [2.05, 4.69) is 41.5 Å². The second kappa shape index (κ2) is 10.6. The SMILES string of the molecule is Cc1cc(C(=N)CC(c2ccc(CC(=O)NCCO)cc2)c2ccccc2C)ccn1. The topological polar surface area (TPSA) is 86.1 Å². The van der Waals surface area contributed by atoms with Gasteiger partial charge in [0.25, 0.3) is 0 Å². The number of rotatable bonds is 9. The Labute approximate surface area is 183 Å². The molecule has 0 saturated heterocycles. The first-order valence-corrected chi connectivity index (χ1v) is 10.5. The van der Waals surface area contributed by atoms with Crippen molar-refractivity contribution < 1.29 is 9.90 Å². The average molecular weight is 416 g/mol. The van der Waals surface area contributed by atoms with Crippen LogP contribution in [-0.2, 0) is 11.2 Å². The lowest BCUT2D eigenvalue weighted by atomic mass is 9.83. The number of nitrogens with one attached hydrogen (secondary N) is 2. The fraction of sp³-hybridized carbons (Fsp3) is 0.269. The van der Waals surface area contributed by atoms with Crippen LogP contribution in [0.1, 0.15) is 45.8 Å². The molecule has 0 fully saturated rings. The van der Waals surface area contributed by atoms with Gasteiger partial charge in [-0.1, -0.05) is 48.5 Å². The van der Waals surface area contributed by atoms with Gasteiger partial charge in [0.1, 0.15) is 0 Å². The van der Waals surface area contributed by atoms with E-state index >= 15 is 0 Å². The van der Waals surface area contributed by atoms with Crippen LogP contribution in [0.2, 0.25) is 0 Å². The number of benzene rings is 2. The lowest BCUT2D eigenvalue weighted by Crippen LogP contribution is -2.27. The van der Waals surface area contributed by atoms with Crippen LogP contribution in [0.3, 0.4) is 0 Å². The highest BCUT2D eigenvalue weighted by Crippen LogP contribution is 2.32. The van der Waals surface area contributed by atoms with Crippen LogP contribution in [0, 0.1) is 19.3 Å². The molecule has 3 N–H and O–H groups in total. The van der Waals surface area contributed by atoms with Crippen LogP contribution in [-0.4, -0.2) is 34.9 Å². The molecule has 0 saturated carbocycles. The maximum atomic E-state index is 11.9. The molecule has 31 heavy (non-hydrogen) atoms. The van der Waals surface area contributed by atoms with Gasteiger partial charge in [0, 0.05) is 36.5 Å². The maximum absolute atomic E-state index is 11.9. The van der Waals surface area contributed by atoms with E-state index in [1.807, 2.05) is 43.3 Å². The summed E-state index contributed by atoms with van der Waals surface area (Å²) in [7, 11) is 0. The number of aromatic nitrogens is 1. The molecule has 5 nitrogen and oxygen atoms in total. The fourth-order valence-electron chi connectivity index (χ4n) is 3.75. The molecule has 1 heterocycles. The van der Waals surface area contributed by atoms with E-state index in [-0.39, 0.29) is 31.4 Å². The van der Waals surface area contributed by atoms with Gasteiger partial charge in [-0.15, -0.1) is 0 Å². The Bertz CT molecular complexity index is 1040.